The summed E-state index contributed by atoms with van der Waals surface area (Å²) in [6.07, 6.45) is 0.814. The molecule has 0 saturated carbocycles. The van der Waals surface area contributed by atoms with E-state index in [2.05, 4.69) is 10.3 Å². The molecule has 1 amide bonds. The average Bonchev–Trinajstić information content (AvgIpc) is 2.97. The number of carbonyl (C=O) groups is 1. The zero-order valence-electron chi connectivity index (χ0n) is 13.2. The minimum absolute atomic E-state index is 0.0763. The molecule has 3 aromatic rings. The number of hydrazine groups is 1. The summed E-state index contributed by atoms with van der Waals surface area (Å²) in [6.45, 7) is 1.98. The Hall–Kier alpha value is -1.93. The predicted octanol–water partition coefficient (Wildman–Crippen LogP) is 3.74. The SMILES string of the molecule is CCc1ccc(S(=O)(=O)NNC(=O)c2sc3ccccc3c2Cl)cc1. The van der Waals surface area contributed by atoms with E-state index in [0.717, 1.165) is 22.1 Å². The number of benzene rings is 2. The third kappa shape index (κ3) is 3.69. The van der Waals surface area contributed by atoms with E-state index in [1.54, 1.807) is 12.1 Å². The fourth-order valence-corrected chi connectivity index (χ4v) is 4.55. The molecule has 0 bridgehead atoms. The smallest absolute Gasteiger partial charge is 0.273 e. The lowest BCUT2D eigenvalue weighted by atomic mass is 10.2. The monoisotopic (exact) mass is 394 g/mol. The number of nitrogens with one attached hydrogen (secondary N) is 2. The van der Waals surface area contributed by atoms with Crippen molar-refractivity contribution in [3.63, 3.8) is 0 Å². The second-order valence-corrected chi connectivity index (χ2v) is 8.41. The quantitative estimate of drug-likeness (QED) is 0.647. The van der Waals surface area contributed by atoms with Gasteiger partial charge in [-0.3, -0.25) is 10.2 Å². The lowest BCUT2D eigenvalue weighted by Crippen LogP contribution is -2.41. The second-order valence-electron chi connectivity index (χ2n) is 5.30. The van der Waals surface area contributed by atoms with E-state index in [4.69, 9.17) is 11.6 Å². The van der Waals surface area contributed by atoms with Crippen molar-refractivity contribution in [1.29, 1.82) is 0 Å². The van der Waals surface area contributed by atoms with E-state index in [9.17, 15) is 13.2 Å². The van der Waals surface area contributed by atoms with Gasteiger partial charge < -0.3 is 0 Å². The first-order valence-electron chi connectivity index (χ1n) is 7.50. The predicted molar refractivity (Wildman–Crippen MR) is 100 cm³/mol. The number of hydrogen-bond acceptors (Lipinski definition) is 4. The van der Waals surface area contributed by atoms with Gasteiger partial charge in [0.25, 0.3) is 15.9 Å². The van der Waals surface area contributed by atoms with Crippen LogP contribution in [0.2, 0.25) is 5.02 Å². The highest BCUT2D eigenvalue weighted by molar-refractivity contribution is 7.89. The number of fused-ring (bicyclic) bond motifs is 1. The first-order chi connectivity index (χ1) is 11.9. The number of amides is 1. The number of rotatable bonds is 5. The molecule has 3 rings (SSSR count). The Kier molecular flexibility index (Phi) is 5.10. The van der Waals surface area contributed by atoms with Crippen molar-refractivity contribution in [1.82, 2.24) is 10.3 Å². The molecule has 25 heavy (non-hydrogen) atoms. The Morgan fingerprint density at radius 2 is 1.80 bits per heavy atom. The maximum atomic E-state index is 12.3. The number of aryl methyl sites for hydroxylation is 1. The lowest BCUT2D eigenvalue weighted by Gasteiger charge is -2.08. The van der Waals surface area contributed by atoms with E-state index in [1.807, 2.05) is 31.2 Å². The van der Waals surface area contributed by atoms with Crippen molar-refractivity contribution in [2.24, 2.45) is 0 Å². The summed E-state index contributed by atoms with van der Waals surface area (Å²) in [4.78, 5) is 14.7. The van der Waals surface area contributed by atoms with E-state index in [-0.39, 0.29) is 9.77 Å². The summed E-state index contributed by atoms with van der Waals surface area (Å²) in [6, 6.07) is 13.8. The van der Waals surface area contributed by atoms with Gasteiger partial charge in [0.2, 0.25) is 0 Å². The van der Waals surface area contributed by atoms with E-state index < -0.39 is 15.9 Å². The molecule has 2 aromatic carbocycles. The van der Waals surface area contributed by atoms with Crippen LogP contribution in [-0.2, 0) is 16.4 Å². The molecule has 0 unspecified atom stereocenters. The van der Waals surface area contributed by atoms with Gasteiger partial charge in [0, 0.05) is 10.1 Å². The lowest BCUT2D eigenvalue weighted by molar-refractivity contribution is 0.0949. The first-order valence-corrected chi connectivity index (χ1v) is 10.2. The van der Waals surface area contributed by atoms with Crippen LogP contribution in [0.4, 0.5) is 0 Å². The summed E-state index contributed by atoms with van der Waals surface area (Å²) in [5, 5.41) is 1.07. The Morgan fingerprint density at radius 1 is 1.12 bits per heavy atom. The number of hydrogen-bond donors (Lipinski definition) is 2. The van der Waals surface area contributed by atoms with Crippen LogP contribution in [0.25, 0.3) is 10.1 Å². The van der Waals surface area contributed by atoms with E-state index >= 15 is 0 Å². The average molecular weight is 395 g/mol. The molecule has 130 valence electrons. The molecule has 1 heterocycles. The molecule has 8 heteroatoms. The largest absolute Gasteiger partial charge is 0.277 e. The normalized spacial score (nSPS) is 11.6. The van der Waals surface area contributed by atoms with Crippen molar-refractivity contribution < 1.29 is 13.2 Å². The molecule has 5 nitrogen and oxygen atoms in total. The number of carbonyl (C=O) groups excluding carboxylic acids is 1. The first kappa shape index (κ1) is 17.9. The van der Waals surface area contributed by atoms with Crippen molar-refractivity contribution in [2.75, 3.05) is 0 Å². The Morgan fingerprint density at radius 3 is 2.44 bits per heavy atom. The van der Waals surface area contributed by atoms with Crippen LogP contribution in [0.1, 0.15) is 22.2 Å². The van der Waals surface area contributed by atoms with E-state index in [0.29, 0.717) is 5.02 Å². The molecule has 2 N–H and O–H groups in total. The zero-order valence-corrected chi connectivity index (χ0v) is 15.6. The number of halogens is 1. The Balaban J connectivity index is 1.77. The molecule has 0 aliphatic carbocycles. The zero-order chi connectivity index (χ0) is 18.0. The third-order valence-electron chi connectivity index (χ3n) is 3.68. The highest BCUT2D eigenvalue weighted by Crippen LogP contribution is 2.34. The van der Waals surface area contributed by atoms with Gasteiger partial charge in [-0.15, -0.1) is 16.2 Å². The minimum Gasteiger partial charge on any atom is -0.273 e. The van der Waals surface area contributed by atoms with Gasteiger partial charge in [-0.05, 0) is 30.2 Å². The maximum absolute atomic E-state index is 12.3. The van der Waals surface area contributed by atoms with Crippen LogP contribution in [0.5, 0.6) is 0 Å². The van der Waals surface area contributed by atoms with Gasteiger partial charge in [0.15, 0.2) is 0 Å². The summed E-state index contributed by atoms with van der Waals surface area (Å²) >= 11 is 7.43. The topological polar surface area (TPSA) is 75.3 Å². The van der Waals surface area contributed by atoms with Crippen molar-refractivity contribution >= 4 is 49.0 Å². The summed E-state index contributed by atoms with van der Waals surface area (Å²) in [7, 11) is -3.85. The van der Waals surface area contributed by atoms with Crippen LogP contribution < -0.4 is 10.3 Å². The molecule has 0 spiro atoms. The van der Waals surface area contributed by atoms with Crippen LogP contribution in [0.15, 0.2) is 53.4 Å². The number of thiophene rings is 1. The highest BCUT2D eigenvalue weighted by Gasteiger charge is 2.20. The second kappa shape index (κ2) is 7.13. The van der Waals surface area contributed by atoms with Crippen molar-refractivity contribution in [3.8, 4) is 0 Å². The highest BCUT2D eigenvalue weighted by atomic mass is 35.5. The fourth-order valence-electron chi connectivity index (χ4n) is 2.29. The molecule has 0 saturated heterocycles. The van der Waals surface area contributed by atoms with Crippen LogP contribution >= 0.6 is 22.9 Å². The molecule has 0 aliphatic heterocycles. The summed E-state index contributed by atoms with van der Waals surface area (Å²) in [5.74, 6) is -0.597. The maximum Gasteiger partial charge on any atom is 0.277 e. The third-order valence-corrected chi connectivity index (χ3v) is 6.62. The van der Waals surface area contributed by atoms with Gasteiger partial charge in [-0.25, -0.2) is 8.42 Å². The molecular weight excluding hydrogens is 380 g/mol. The van der Waals surface area contributed by atoms with Gasteiger partial charge in [-0.2, -0.15) is 0 Å². The van der Waals surface area contributed by atoms with Crippen LogP contribution in [0.3, 0.4) is 0 Å². The summed E-state index contributed by atoms with van der Waals surface area (Å²) in [5.41, 5.74) is 3.24. The van der Waals surface area contributed by atoms with Gasteiger partial charge in [0.05, 0.1) is 9.92 Å². The summed E-state index contributed by atoms with van der Waals surface area (Å²) < 4.78 is 25.4. The van der Waals surface area contributed by atoms with E-state index in [1.165, 1.54) is 23.5 Å². The molecule has 0 atom stereocenters. The molecule has 0 fully saturated rings. The molecule has 0 radical (unpaired) electrons. The fraction of sp³-hybridized carbons (Fsp3) is 0.118. The molecule has 1 aromatic heterocycles. The van der Waals surface area contributed by atoms with Gasteiger partial charge in [-0.1, -0.05) is 48.9 Å². The Labute approximate surface area is 154 Å². The van der Waals surface area contributed by atoms with Crippen LogP contribution in [0, 0.1) is 0 Å². The van der Waals surface area contributed by atoms with Crippen LogP contribution in [-0.4, -0.2) is 14.3 Å². The molecular formula is C17H15ClN2O3S2. The van der Waals surface area contributed by atoms with Crippen molar-refractivity contribution in [2.45, 2.75) is 18.2 Å². The van der Waals surface area contributed by atoms with Gasteiger partial charge in [0.1, 0.15) is 4.88 Å². The number of sulfonamides is 1. The molecule has 0 aliphatic rings. The Bertz CT molecular complexity index is 1030. The van der Waals surface area contributed by atoms with Gasteiger partial charge >= 0.3 is 0 Å². The standard InChI is InChI=1S/C17H15ClN2O3S2/c1-2-11-7-9-12(10-8-11)25(22,23)20-19-17(21)16-15(18)13-5-3-4-6-14(13)24-16/h3-10,20H,2H2,1H3,(H,19,21). The van der Waals surface area contributed by atoms with Crippen molar-refractivity contribution in [3.05, 3.63) is 64.0 Å². The minimum atomic E-state index is -3.85.